The average Bonchev–Trinajstić information content (AvgIpc) is 3.54. The molecule has 0 aliphatic heterocycles. The summed E-state index contributed by atoms with van der Waals surface area (Å²) in [4.78, 5) is 28.7. The number of unbranched alkanes of at least 4 members (excludes halogenated alkanes) is 1. The summed E-state index contributed by atoms with van der Waals surface area (Å²) in [6.07, 6.45) is 1.23. The molecular weight excluding hydrogens is 519 g/mol. The minimum Gasteiger partial charge on any atom is -0.406 e. The molecule has 3 aromatic heterocycles. The first-order valence-corrected chi connectivity index (χ1v) is 11.9. The number of aryl methyl sites for hydroxylation is 2. The van der Waals surface area contributed by atoms with E-state index in [-0.39, 0.29) is 30.4 Å². The van der Waals surface area contributed by atoms with Gasteiger partial charge in [-0.3, -0.25) is 23.9 Å². The molecule has 39 heavy (non-hydrogen) atoms. The van der Waals surface area contributed by atoms with Crippen molar-refractivity contribution in [2.24, 2.45) is 0 Å². The van der Waals surface area contributed by atoms with Crippen molar-refractivity contribution in [1.82, 2.24) is 40.3 Å². The lowest BCUT2D eigenvalue weighted by Gasteiger charge is -2.09. The van der Waals surface area contributed by atoms with E-state index < -0.39 is 18.0 Å². The van der Waals surface area contributed by atoms with Crippen molar-refractivity contribution >= 4 is 17.6 Å². The van der Waals surface area contributed by atoms with E-state index in [1.807, 2.05) is 12.1 Å². The number of carbonyl (C=O) groups excluding carboxylic acids is 2. The molecule has 0 aliphatic carbocycles. The van der Waals surface area contributed by atoms with Crippen molar-refractivity contribution in [3.8, 4) is 5.75 Å². The van der Waals surface area contributed by atoms with Crippen LogP contribution in [-0.4, -0.2) is 53.1 Å². The quantitative estimate of drug-likeness (QED) is 0.260. The first-order valence-electron chi connectivity index (χ1n) is 11.9. The van der Waals surface area contributed by atoms with Gasteiger partial charge in [0.15, 0.2) is 11.5 Å². The normalized spacial score (nSPS) is 11.3. The number of hydrogen-bond donors (Lipinski definition) is 2. The third-order valence-electron chi connectivity index (χ3n) is 5.25. The van der Waals surface area contributed by atoms with Crippen molar-refractivity contribution in [3.63, 3.8) is 0 Å². The molecule has 0 radical (unpaired) electrons. The summed E-state index contributed by atoms with van der Waals surface area (Å²) < 4.78 is 44.2. The Morgan fingerprint density at radius 1 is 0.949 bits per heavy atom. The van der Waals surface area contributed by atoms with Gasteiger partial charge in [-0.1, -0.05) is 28.6 Å². The van der Waals surface area contributed by atoms with E-state index in [2.05, 4.69) is 41.0 Å². The first-order chi connectivity index (χ1) is 18.7. The van der Waals surface area contributed by atoms with Crippen LogP contribution in [-0.2, 0) is 30.8 Å². The smallest absolute Gasteiger partial charge is 0.406 e. The summed E-state index contributed by atoms with van der Waals surface area (Å²) in [6.45, 7) is 1.35. The Kier molecular flexibility index (Phi) is 8.81. The second-order valence-electron chi connectivity index (χ2n) is 8.36. The number of ether oxygens (including phenoxy) is 1. The van der Waals surface area contributed by atoms with Gasteiger partial charge in [0.05, 0.1) is 31.1 Å². The van der Waals surface area contributed by atoms with Gasteiger partial charge in [0.1, 0.15) is 5.75 Å². The molecule has 2 N–H and O–H groups in total. The maximum Gasteiger partial charge on any atom is 0.573 e. The second kappa shape index (κ2) is 12.6. The average molecular weight is 544 g/mol. The van der Waals surface area contributed by atoms with Crippen LogP contribution in [0.1, 0.15) is 34.6 Å². The molecule has 1 aromatic carbocycles. The summed E-state index contributed by atoms with van der Waals surface area (Å²) >= 11 is 0. The third-order valence-corrected chi connectivity index (χ3v) is 5.25. The Bertz CT molecular complexity index is 1390. The summed E-state index contributed by atoms with van der Waals surface area (Å²) in [5.74, 6) is -0.978. The number of rotatable bonds is 12. The predicted molar refractivity (Wildman–Crippen MR) is 130 cm³/mol. The van der Waals surface area contributed by atoms with E-state index in [1.165, 1.54) is 12.1 Å². The number of nitrogens with one attached hydrogen (secondary N) is 2. The van der Waals surface area contributed by atoms with Gasteiger partial charge in [-0.25, -0.2) is 0 Å². The maximum atomic E-state index is 12.4. The fourth-order valence-electron chi connectivity index (χ4n) is 3.51. The molecule has 4 aromatic rings. The van der Waals surface area contributed by atoms with Gasteiger partial charge in [0.2, 0.25) is 5.91 Å². The maximum absolute atomic E-state index is 12.4. The molecule has 0 saturated heterocycles. The minimum absolute atomic E-state index is 0.164. The van der Waals surface area contributed by atoms with Crippen LogP contribution >= 0.6 is 0 Å². The molecule has 3 heterocycles. The Labute approximate surface area is 220 Å². The highest BCUT2D eigenvalue weighted by Gasteiger charge is 2.31. The zero-order chi connectivity index (χ0) is 27.7. The number of halogens is 3. The lowest BCUT2D eigenvalue weighted by atomic mass is 10.1. The van der Waals surface area contributed by atoms with Gasteiger partial charge in [-0.15, -0.1) is 23.4 Å². The number of hydrogen-bond acceptors (Lipinski definition) is 8. The SMILES string of the molecule is O=C(Cc1cccc(OC(F)(F)F)c1)Nc1cn(CCCCn2cc(C(=O)NCc3ccccn3)nn2)nn1. The van der Waals surface area contributed by atoms with Gasteiger partial charge >= 0.3 is 6.36 Å². The van der Waals surface area contributed by atoms with Crippen LogP contribution in [0.4, 0.5) is 19.0 Å². The van der Waals surface area contributed by atoms with Crippen molar-refractivity contribution in [1.29, 1.82) is 0 Å². The first kappa shape index (κ1) is 27.2. The fraction of sp³-hybridized carbons (Fsp3) is 0.292. The zero-order valence-electron chi connectivity index (χ0n) is 20.5. The highest BCUT2D eigenvalue weighted by atomic mass is 19.4. The summed E-state index contributed by atoms with van der Waals surface area (Å²) in [5.41, 5.74) is 1.30. The van der Waals surface area contributed by atoms with E-state index in [1.54, 1.807) is 34.0 Å². The van der Waals surface area contributed by atoms with Crippen LogP contribution in [0, 0.1) is 0 Å². The Morgan fingerprint density at radius 2 is 1.72 bits per heavy atom. The standard InChI is InChI=1S/C24H24F3N9O3/c25-24(26,27)39-19-8-5-6-17(12-19)13-22(37)30-21-16-36(34-32-21)11-4-3-10-35-15-20(31-33-35)23(38)29-14-18-7-1-2-9-28-18/h1-2,5-9,12,15-16H,3-4,10-11,13-14H2,(H,29,38)(H,30,37). The molecule has 204 valence electrons. The Morgan fingerprint density at radius 3 is 2.46 bits per heavy atom. The van der Waals surface area contributed by atoms with Gasteiger partial charge in [0.25, 0.3) is 5.91 Å². The molecule has 0 unspecified atom stereocenters. The van der Waals surface area contributed by atoms with Crippen LogP contribution in [0.2, 0.25) is 0 Å². The Balaban J connectivity index is 1.16. The molecular formula is C24H24F3N9O3. The van der Waals surface area contributed by atoms with Crippen LogP contribution in [0.3, 0.4) is 0 Å². The van der Waals surface area contributed by atoms with Crippen molar-refractivity contribution in [2.75, 3.05) is 5.32 Å². The third kappa shape index (κ3) is 8.91. The molecule has 15 heteroatoms. The summed E-state index contributed by atoms with van der Waals surface area (Å²) in [7, 11) is 0. The predicted octanol–water partition coefficient (Wildman–Crippen LogP) is 2.75. The zero-order valence-corrected chi connectivity index (χ0v) is 20.5. The number of amides is 2. The van der Waals surface area contributed by atoms with Gasteiger partial charge in [0, 0.05) is 19.3 Å². The second-order valence-corrected chi connectivity index (χ2v) is 8.36. The van der Waals surface area contributed by atoms with Gasteiger partial charge in [-0.2, -0.15) is 0 Å². The van der Waals surface area contributed by atoms with E-state index >= 15 is 0 Å². The number of alkyl halides is 3. The summed E-state index contributed by atoms with van der Waals surface area (Å²) in [6, 6.07) is 10.6. The number of pyridine rings is 1. The minimum atomic E-state index is -4.81. The molecule has 2 amide bonds. The van der Waals surface area contributed by atoms with E-state index in [0.29, 0.717) is 25.1 Å². The van der Waals surface area contributed by atoms with Gasteiger partial charge in [-0.05, 0) is 42.7 Å². The van der Waals surface area contributed by atoms with E-state index in [4.69, 9.17) is 0 Å². The molecule has 12 nitrogen and oxygen atoms in total. The highest BCUT2D eigenvalue weighted by Crippen LogP contribution is 2.23. The molecule has 4 rings (SSSR count). The molecule has 0 aliphatic rings. The monoisotopic (exact) mass is 543 g/mol. The van der Waals surface area contributed by atoms with Crippen molar-refractivity contribution < 1.29 is 27.5 Å². The molecule has 0 spiro atoms. The van der Waals surface area contributed by atoms with Crippen LogP contribution in [0.5, 0.6) is 5.75 Å². The fourth-order valence-corrected chi connectivity index (χ4v) is 3.51. The van der Waals surface area contributed by atoms with E-state index in [9.17, 15) is 22.8 Å². The molecule has 0 bridgehead atoms. The topological polar surface area (TPSA) is 142 Å². The lowest BCUT2D eigenvalue weighted by molar-refractivity contribution is -0.274. The number of benzene rings is 1. The number of aromatic nitrogens is 7. The largest absolute Gasteiger partial charge is 0.573 e. The number of anilines is 1. The number of carbonyl (C=O) groups is 2. The Hall–Kier alpha value is -4.82. The van der Waals surface area contributed by atoms with Crippen molar-refractivity contribution in [3.05, 3.63) is 78.0 Å². The van der Waals surface area contributed by atoms with E-state index in [0.717, 1.165) is 24.2 Å². The van der Waals surface area contributed by atoms with Crippen LogP contribution in [0.15, 0.2) is 61.1 Å². The summed E-state index contributed by atoms with van der Waals surface area (Å²) in [5, 5.41) is 21.0. The lowest BCUT2D eigenvalue weighted by Crippen LogP contribution is -2.23. The molecule has 0 atom stereocenters. The molecule has 0 fully saturated rings. The molecule has 0 saturated carbocycles. The van der Waals surface area contributed by atoms with Gasteiger partial charge < -0.3 is 15.4 Å². The van der Waals surface area contributed by atoms with Crippen molar-refractivity contribution in [2.45, 2.75) is 45.3 Å². The number of nitrogens with zero attached hydrogens (tertiary/aromatic N) is 7. The van der Waals surface area contributed by atoms with Crippen LogP contribution in [0.25, 0.3) is 0 Å². The highest BCUT2D eigenvalue weighted by molar-refractivity contribution is 5.92. The van der Waals surface area contributed by atoms with Crippen LogP contribution < -0.4 is 15.4 Å².